The Bertz CT molecular complexity index is 356. The van der Waals surface area contributed by atoms with Gasteiger partial charge in [0.05, 0.1) is 17.1 Å². The van der Waals surface area contributed by atoms with Crippen molar-refractivity contribution in [3.63, 3.8) is 0 Å². The van der Waals surface area contributed by atoms with Crippen LogP contribution < -0.4 is 0 Å². The Hall–Kier alpha value is -0.420. The molecule has 94 valence electrons. The number of hydrogen-bond donors (Lipinski definition) is 0. The largest absolute Gasteiger partial charge is 0.379 e. The van der Waals surface area contributed by atoms with Crippen molar-refractivity contribution in [2.45, 2.75) is 38.7 Å². The van der Waals surface area contributed by atoms with Crippen LogP contribution in [0.4, 0.5) is 0 Å². The van der Waals surface area contributed by atoms with Crippen LogP contribution in [-0.4, -0.2) is 38.4 Å². The number of ether oxygens (including phenoxy) is 1. The average Bonchev–Trinajstić information content (AvgIpc) is 2.55. The fraction of sp³-hybridized carbons (Fsp3) is 0.909. The lowest BCUT2D eigenvalue weighted by molar-refractivity contribution is -0.123. The minimum Gasteiger partial charge on any atom is -0.379 e. The predicted octanol–water partition coefficient (Wildman–Crippen LogP) is 1.20. The summed E-state index contributed by atoms with van der Waals surface area (Å²) in [4.78, 5) is 11.8. The zero-order chi connectivity index (χ0) is 12.4. The van der Waals surface area contributed by atoms with Crippen LogP contribution in [0.2, 0.25) is 0 Å². The maximum Gasteiger partial charge on any atom is 0.151 e. The molecule has 0 aromatic rings. The van der Waals surface area contributed by atoms with Gasteiger partial charge < -0.3 is 4.74 Å². The number of rotatable bonds is 5. The van der Waals surface area contributed by atoms with Crippen LogP contribution in [0.15, 0.2) is 0 Å². The minimum absolute atomic E-state index is 0.0409. The van der Waals surface area contributed by atoms with E-state index in [0.717, 1.165) is 0 Å². The van der Waals surface area contributed by atoms with Gasteiger partial charge in [-0.2, -0.15) is 0 Å². The molecule has 16 heavy (non-hydrogen) atoms. The summed E-state index contributed by atoms with van der Waals surface area (Å²) in [5.41, 5.74) is -0.312. The molecular weight excluding hydrogens is 228 g/mol. The van der Waals surface area contributed by atoms with Crippen molar-refractivity contribution >= 4 is 15.6 Å². The molecule has 0 radical (unpaired) electrons. The molecule has 1 aliphatic rings. The molecular formula is C11H20O4S. The van der Waals surface area contributed by atoms with Crippen LogP contribution in [0.5, 0.6) is 0 Å². The number of methoxy groups -OCH3 is 1. The van der Waals surface area contributed by atoms with Gasteiger partial charge in [0.2, 0.25) is 0 Å². The summed E-state index contributed by atoms with van der Waals surface area (Å²) in [5.74, 6) is -0.0140. The Morgan fingerprint density at radius 3 is 2.50 bits per heavy atom. The molecule has 1 atom stereocenters. The molecule has 1 heterocycles. The Balaban J connectivity index is 2.43. The van der Waals surface area contributed by atoms with Crippen molar-refractivity contribution in [1.82, 2.24) is 0 Å². The molecule has 0 aliphatic carbocycles. The molecule has 5 heteroatoms. The fourth-order valence-electron chi connectivity index (χ4n) is 1.78. The van der Waals surface area contributed by atoms with E-state index in [2.05, 4.69) is 0 Å². The highest BCUT2D eigenvalue weighted by Gasteiger charge is 2.33. The molecule has 0 amide bonds. The molecule has 0 aromatic carbocycles. The summed E-state index contributed by atoms with van der Waals surface area (Å²) < 4.78 is 27.7. The van der Waals surface area contributed by atoms with Gasteiger partial charge in [-0.1, -0.05) is 0 Å². The third kappa shape index (κ3) is 3.87. The number of Topliss-reactive ketones (excluding diaryl/α,β-unsaturated/α-hetero) is 1. The van der Waals surface area contributed by atoms with E-state index < -0.39 is 9.84 Å². The van der Waals surface area contributed by atoms with Crippen LogP contribution >= 0.6 is 0 Å². The van der Waals surface area contributed by atoms with E-state index in [-0.39, 0.29) is 28.8 Å². The standard InChI is InChI=1S/C11H20O4S/c1-11(2,15-3)6-4-10(12)9-5-7-16(13,14)8-9/h9H,4-8H2,1-3H3. The van der Waals surface area contributed by atoms with E-state index in [1.165, 1.54) is 0 Å². The average molecular weight is 248 g/mol. The monoisotopic (exact) mass is 248 g/mol. The highest BCUT2D eigenvalue weighted by Crippen LogP contribution is 2.23. The van der Waals surface area contributed by atoms with Crippen LogP contribution in [0.25, 0.3) is 0 Å². The molecule has 0 saturated carbocycles. The lowest BCUT2D eigenvalue weighted by Crippen LogP contribution is -2.25. The van der Waals surface area contributed by atoms with Crippen molar-refractivity contribution in [2.24, 2.45) is 5.92 Å². The smallest absolute Gasteiger partial charge is 0.151 e. The number of ketones is 1. The third-order valence-electron chi connectivity index (χ3n) is 3.21. The molecule has 0 bridgehead atoms. The highest BCUT2D eigenvalue weighted by atomic mass is 32.2. The zero-order valence-corrected chi connectivity index (χ0v) is 11.0. The highest BCUT2D eigenvalue weighted by molar-refractivity contribution is 7.91. The molecule has 1 aliphatic heterocycles. The van der Waals surface area contributed by atoms with E-state index in [9.17, 15) is 13.2 Å². The summed E-state index contributed by atoms with van der Waals surface area (Å²) >= 11 is 0. The normalized spacial score (nSPS) is 24.6. The molecule has 1 fully saturated rings. The second kappa shape index (κ2) is 4.84. The van der Waals surface area contributed by atoms with Crippen LogP contribution in [0.3, 0.4) is 0 Å². The summed E-state index contributed by atoms with van der Waals surface area (Å²) in [7, 11) is -1.34. The van der Waals surface area contributed by atoms with Crippen molar-refractivity contribution in [1.29, 1.82) is 0 Å². The van der Waals surface area contributed by atoms with E-state index in [4.69, 9.17) is 4.74 Å². The quantitative estimate of drug-likeness (QED) is 0.733. The van der Waals surface area contributed by atoms with Gasteiger partial charge in [-0.3, -0.25) is 4.79 Å². The predicted molar refractivity (Wildman–Crippen MR) is 62.1 cm³/mol. The lowest BCUT2D eigenvalue weighted by Gasteiger charge is -2.22. The Labute approximate surface area is 97.3 Å². The van der Waals surface area contributed by atoms with Gasteiger partial charge in [0, 0.05) is 19.4 Å². The maximum atomic E-state index is 11.8. The first-order valence-electron chi connectivity index (χ1n) is 5.54. The number of hydrogen-bond acceptors (Lipinski definition) is 4. The second-order valence-corrected chi connectivity index (χ2v) is 7.26. The molecule has 0 aromatic heterocycles. The van der Waals surface area contributed by atoms with Gasteiger partial charge in [-0.05, 0) is 26.7 Å². The summed E-state index contributed by atoms with van der Waals surface area (Å²) in [5, 5.41) is 0. The van der Waals surface area contributed by atoms with Crippen LogP contribution in [0, 0.1) is 5.92 Å². The Morgan fingerprint density at radius 1 is 1.44 bits per heavy atom. The molecule has 4 nitrogen and oxygen atoms in total. The topological polar surface area (TPSA) is 60.4 Å². The first-order valence-corrected chi connectivity index (χ1v) is 7.36. The second-order valence-electron chi connectivity index (χ2n) is 5.03. The van der Waals surface area contributed by atoms with Crippen LogP contribution in [-0.2, 0) is 19.4 Å². The first-order chi connectivity index (χ1) is 7.26. The van der Waals surface area contributed by atoms with Crippen LogP contribution in [0.1, 0.15) is 33.1 Å². The lowest BCUT2D eigenvalue weighted by atomic mass is 9.94. The van der Waals surface area contributed by atoms with Crippen molar-refractivity contribution in [2.75, 3.05) is 18.6 Å². The van der Waals surface area contributed by atoms with Gasteiger partial charge in [-0.15, -0.1) is 0 Å². The Morgan fingerprint density at radius 2 is 2.06 bits per heavy atom. The van der Waals surface area contributed by atoms with Gasteiger partial charge in [0.25, 0.3) is 0 Å². The van der Waals surface area contributed by atoms with E-state index in [0.29, 0.717) is 19.3 Å². The summed E-state index contributed by atoms with van der Waals surface area (Å²) in [6, 6.07) is 0. The van der Waals surface area contributed by atoms with Gasteiger partial charge in [-0.25, -0.2) is 8.42 Å². The summed E-state index contributed by atoms with van der Waals surface area (Å²) in [6.07, 6.45) is 1.54. The van der Waals surface area contributed by atoms with Gasteiger partial charge >= 0.3 is 0 Å². The third-order valence-corrected chi connectivity index (χ3v) is 4.98. The molecule has 1 rings (SSSR count). The van der Waals surface area contributed by atoms with Crippen molar-refractivity contribution < 1.29 is 17.9 Å². The fourth-order valence-corrected chi connectivity index (χ4v) is 3.56. The van der Waals surface area contributed by atoms with Crippen molar-refractivity contribution in [3.8, 4) is 0 Å². The number of sulfone groups is 1. The Kier molecular flexibility index (Phi) is 4.12. The first kappa shape index (κ1) is 13.6. The zero-order valence-electron chi connectivity index (χ0n) is 10.2. The van der Waals surface area contributed by atoms with Gasteiger partial charge in [0.1, 0.15) is 5.78 Å². The maximum absolute atomic E-state index is 11.8. The number of carbonyl (C=O) groups is 1. The van der Waals surface area contributed by atoms with E-state index >= 15 is 0 Å². The van der Waals surface area contributed by atoms with Gasteiger partial charge in [0.15, 0.2) is 9.84 Å². The van der Waals surface area contributed by atoms with E-state index in [1.54, 1.807) is 7.11 Å². The van der Waals surface area contributed by atoms with Crippen molar-refractivity contribution in [3.05, 3.63) is 0 Å². The number of carbonyl (C=O) groups excluding carboxylic acids is 1. The minimum atomic E-state index is -2.95. The summed E-state index contributed by atoms with van der Waals surface area (Å²) in [6.45, 7) is 3.84. The SMILES string of the molecule is COC(C)(C)CCC(=O)C1CCS(=O)(=O)C1. The molecule has 0 N–H and O–H groups in total. The molecule has 1 unspecified atom stereocenters. The molecule has 0 spiro atoms. The van der Waals surface area contributed by atoms with E-state index in [1.807, 2.05) is 13.8 Å². The molecule has 1 saturated heterocycles.